The molecule has 0 spiro atoms. The summed E-state index contributed by atoms with van der Waals surface area (Å²) < 4.78 is 55.4. The topological polar surface area (TPSA) is 116 Å². The Balaban J connectivity index is 1.69. The van der Waals surface area contributed by atoms with Crippen molar-refractivity contribution in [1.29, 1.82) is 0 Å². The highest BCUT2D eigenvalue weighted by Crippen LogP contribution is 2.21. The van der Waals surface area contributed by atoms with Gasteiger partial charge in [-0.05, 0) is 47.7 Å². The summed E-state index contributed by atoms with van der Waals surface area (Å²) in [4.78, 5) is 18.5. The number of hydrogen-bond acceptors (Lipinski definition) is 7. The van der Waals surface area contributed by atoms with E-state index in [0.29, 0.717) is 24.3 Å². The Morgan fingerprint density at radius 3 is 2.47 bits per heavy atom. The Labute approximate surface area is 182 Å². The van der Waals surface area contributed by atoms with E-state index in [4.69, 9.17) is 4.84 Å². The molecule has 1 amide bonds. The number of fused-ring (bicyclic) bond motifs is 1. The highest BCUT2D eigenvalue weighted by molar-refractivity contribution is 7.89. The van der Waals surface area contributed by atoms with E-state index in [1.807, 2.05) is 0 Å². The summed E-state index contributed by atoms with van der Waals surface area (Å²) in [6.07, 6.45) is 0. The average molecular weight is 469 g/mol. The molecule has 0 saturated heterocycles. The van der Waals surface area contributed by atoms with Crippen LogP contribution in [-0.2, 0) is 14.8 Å². The molecule has 10 nitrogen and oxygen atoms in total. The number of hydrogen-bond donors (Lipinski definition) is 1. The molecular weight excluding hydrogens is 448 g/mol. The van der Waals surface area contributed by atoms with E-state index in [2.05, 4.69) is 20.4 Å². The fraction of sp³-hybridized carbons (Fsp3) is 0.316. The number of rotatable bonds is 10. The van der Waals surface area contributed by atoms with Crippen LogP contribution in [-0.4, -0.2) is 60.1 Å². The van der Waals surface area contributed by atoms with Crippen molar-refractivity contribution < 1.29 is 31.6 Å². The monoisotopic (exact) mass is 469 g/mol. The Kier molecular flexibility index (Phi) is 7.20. The fourth-order valence-electron chi connectivity index (χ4n) is 2.88. The smallest absolute Gasteiger partial charge is 0.387 e. The molecule has 0 fully saturated rings. The molecule has 2 aromatic carbocycles. The molecule has 1 N–H and O–H groups in total. The minimum Gasteiger partial charge on any atom is -0.435 e. The van der Waals surface area contributed by atoms with E-state index in [9.17, 15) is 22.0 Å². The maximum Gasteiger partial charge on any atom is 0.387 e. The minimum absolute atomic E-state index is 0.0428. The summed E-state index contributed by atoms with van der Waals surface area (Å²) in [6.45, 7) is 0.726. The average Bonchev–Trinajstić information content (AvgIpc) is 3.16. The maximum atomic E-state index is 12.7. The van der Waals surface area contributed by atoms with Gasteiger partial charge in [0.15, 0.2) is 6.61 Å². The Morgan fingerprint density at radius 1 is 1.16 bits per heavy atom. The zero-order chi connectivity index (χ0) is 23.3. The van der Waals surface area contributed by atoms with Gasteiger partial charge in [0.05, 0.1) is 4.90 Å². The zero-order valence-corrected chi connectivity index (χ0v) is 18.1. The largest absolute Gasteiger partial charge is 0.435 e. The molecule has 172 valence electrons. The number of nitrogens with zero attached hydrogens (tertiary/aromatic N) is 4. The van der Waals surface area contributed by atoms with Crippen molar-refractivity contribution in [3.63, 3.8) is 0 Å². The first kappa shape index (κ1) is 23.3. The van der Waals surface area contributed by atoms with Crippen molar-refractivity contribution in [1.82, 2.24) is 19.5 Å². The van der Waals surface area contributed by atoms with Gasteiger partial charge in [-0.1, -0.05) is 18.7 Å². The number of nitrogens with one attached hydrogen (secondary N) is 1. The van der Waals surface area contributed by atoms with Gasteiger partial charge in [-0.25, -0.2) is 8.42 Å². The van der Waals surface area contributed by atoms with Crippen molar-refractivity contribution in [2.75, 3.05) is 25.0 Å². The van der Waals surface area contributed by atoms with E-state index < -0.39 is 29.1 Å². The molecule has 3 aromatic rings. The van der Waals surface area contributed by atoms with E-state index in [1.54, 1.807) is 13.8 Å². The lowest BCUT2D eigenvalue weighted by atomic mass is 10.3. The van der Waals surface area contributed by atoms with Crippen LogP contribution in [0.4, 0.5) is 14.5 Å². The lowest BCUT2D eigenvalue weighted by Gasteiger charge is -2.18. The molecule has 0 bridgehead atoms. The third kappa shape index (κ3) is 5.29. The first-order valence-corrected chi connectivity index (χ1v) is 11.0. The summed E-state index contributed by atoms with van der Waals surface area (Å²) in [7, 11) is -3.70. The number of amides is 1. The van der Waals surface area contributed by atoms with Crippen LogP contribution in [0.2, 0.25) is 0 Å². The van der Waals surface area contributed by atoms with Crippen LogP contribution in [0.1, 0.15) is 13.8 Å². The highest BCUT2D eigenvalue weighted by atomic mass is 32.2. The third-order valence-electron chi connectivity index (χ3n) is 4.41. The summed E-state index contributed by atoms with van der Waals surface area (Å²) >= 11 is 0. The number of ether oxygens (including phenoxy) is 1. The first-order chi connectivity index (χ1) is 15.2. The molecule has 13 heteroatoms. The van der Waals surface area contributed by atoms with E-state index >= 15 is 0 Å². The lowest BCUT2D eigenvalue weighted by molar-refractivity contribution is -0.121. The van der Waals surface area contributed by atoms with Crippen LogP contribution in [0.25, 0.3) is 11.0 Å². The van der Waals surface area contributed by atoms with Crippen LogP contribution in [0.5, 0.6) is 5.75 Å². The Morgan fingerprint density at radius 2 is 1.84 bits per heavy atom. The van der Waals surface area contributed by atoms with Gasteiger partial charge in [-0.15, -0.1) is 5.10 Å². The molecule has 0 unspecified atom stereocenters. The first-order valence-electron chi connectivity index (χ1n) is 9.58. The molecule has 0 saturated carbocycles. The molecular formula is C19H21F2N5O5S. The number of benzene rings is 2. The number of carbonyl (C=O) groups excluding carboxylic acids is 1. The lowest BCUT2D eigenvalue weighted by Crippen LogP contribution is -2.30. The number of alkyl halides is 2. The van der Waals surface area contributed by atoms with Crippen molar-refractivity contribution in [3.05, 3.63) is 42.5 Å². The second-order valence-electron chi connectivity index (χ2n) is 6.43. The molecule has 32 heavy (non-hydrogen) atoms. The standard InChI is InChI=1S/C19H21F2N5O5S/c1-3-25(4-2)32(28,29)15-9-10-16-17(11-15)26(24-23-16)30-12-18(27)22-13-5-7-14(8-6-13)31-19(20)21/h5-11,19H,3-4,12H2,1-2H3,(H,22,27). The maximum absolute atomic E-state index is 12.7. The van der Waals surface area contributed by atoms with E-state index in [0.717, 1.165) is 4.85 Å². The number of halogens is 2. The molecule has 0 aliphatic rings. The molecule has 1 heterocycles. The molecule has 3 rings (SSSR count). The number of aromatic nitrogens is 3. The second kappa shape index (κ2) is 9.87. The number of anilines is 1. The summed E-state index contributed by atoms with van der Waals surface area (Å²) in [5.74, 6) is -0.595. The van der Waals surface area contributed by atoms with Crippen molar-refractivity contribution in [2.24, 2.45) is 0 Å². The minimum atomic E-state index is -3.70. The highest BCUT2D eigenvalue weighted by Gasteiger charge is 2.23. The van der Waals surface area contributed by atoms with Crippen molar-refractivity contribution in [3.8, 4) is 5.75 Å². The fourth-order valence-corrected chi connectivity index (χ4v) is 4.36. The summed E-state index contributed by atoms with van der Waals surface area (Å²) in [5, 5.41) is 10.2. The predicted octanol–water partition coefficient (Wildman–Crippen LogP) is 2.13. The summed E-state index contributed by atoms with van der Waals surface area (Å²) in [5.41, 5.74) is 1.01. The van der Waals surface area contributed by atoms with Crippen LogP contribution >= 0.6 is 0 Å². The van der Waals surface area contributed by atoms with Gasteiger partial charge >= 0.3 is 6.61 Å². The van der Waals surface area contributed by atoms with E-state index in [1.165, 1.54) is 46.8 Å². The van der Waals surface area contributed by atoms with Crippen LogP contribution in [0, 0.1) is 0 Å². The van der Waals surface area contributed by atoms with Crippen LogP contribution in [0.3, 0.4) is 0 Å². The normalized spacial score (nSPS) is 11.8. The third-order valence-corrected chi connectivity index (χ3v) is 6.46. The van der Waals surface area contributed by atoms with E-state index in [-0.39, 0.29) is 16.2 Å². The molecule has 1 aromatic heterocycles. The van der Waals surface area contributed by atoms with Gasteiger partial charge in [0.2, 0.25) is 10.0 Å². The summed E-state index contributed by atoms with van der Waals surface area (Å²) in [6, 6.07) is 9.67. The molecule has 0 aliphatic heterocycles. The zero-order valence-electron chi connectivity index (χ0n) is 17.2. The van der Waals surface area contributed by atoms with Crippen molar-refractivity contribution in [2.45, 2.75) is 25.4 Å². The molecule has 0 aliphatic carbocycles. The second-order valence-corrected chi connectivity index (χ2v) is 8.36. The van der Waals surface area contributed by atoms with Gasteiger partial charge in [0, 0.05) is 18.8 Å². The SMILES string of the molecule is CCN(CC)S(=O)(=O)c1ccc2nnn(OCC(=O)Nc3ccc(OC(F)F)cc3)c2c1. The van der Waals surface area contributed by atoms with Crippen LogP contribution < -0.4 is 14.9 Å². The quantitative estimate of drug-likeness (QED) is 0.484. The number of sulfonamides is 1. The van der Waals surface area contributed by atoms with Crippen molar-refractivity contribution >= 4 is 32.7 Å². The van der Waals surface area contributed by atoms with Gasteiger partial charge in [0.25, 0.3) is 5.91 Å². The van der Waals surface area contributed by atoms with Crippen LogP contribution in [0.15, 0.2) is 47.4 Å². The van der Waals surface area contributed by atoms with Gasteiger partial charge in [-0.3, -0.25) is 4.79 Å². The Hall–Kier alpha value is -3.32. The molecule has 0 atom stereocenters. The van der Waals surface area contributed by atoms with Gasteiger partial charge in [0.1, 0.15) is 16.8 Å². The van der Waals surface area contributed by atoms with Gasteiger partial charge < -0.3 is 14.9 Å². The van der Waals surface area contributed by atoms with Gasteiger partial charge in [-0.2, -0.15) is 13.1 Å². The number of carbonyl (C=O) groups is 1. The molecule has 0 radical (unpaired) electrons. The predicted molar refractivity (Wildman–Crippen MR) is 111 cm³/mol. The Bertz CT molecular complexity index is 1180.